The zero-order valence-electron chi connectivity index (χ0n) is 11.4. The fourth-order valence-corrected chi connectivity index (χ4v) is 2.16. The number of sulfone groups is 1. The largest absolute Gasteiger partial charge is 0.497 e. The van der Waals surface area contributed by atoms with Gasteiger partial charge in [0.15, 0.2) is 9.84 Å². The maximum atomic E-state index is 11.4. The summed E-state index contributed by atoms with van der Waals surface area (Å²) in [4.78, 5) is 0. The standard InChI is InChI=1S/C13H20O5S/c1-4-19(15,16)8-7-18-13-9-11(17-3)5-6-12(13)10(2)14/h5-6,9-10,14H,4,7-8H2,1-3H3. The van der Waals surface area contributed by atoms with Gasteiger partial charge in [0.1, 0.15) is 18.1 Å². The molecule has 1 N–H and O–H groups in total. The van der Waals surface area contributed by atoms with E-state index in [2.05, 4.69) is 0 Å². The zero-order chi connectivity index (χ0) is 14.5. The van der Waals surface area contributed by atoms with Gasteiger partial charge in [-0.25, -0.2) is 8.42 Å². The Morgan fingerprint density at radius 2 is 2.05 bits per heavy atom. The van der Waals surface area contributed by atoms with Gasteiger partial charge in [0, 0.05) is 17.4 Å². The maximum Gasteiger partial charge on any atom is 0.153 e. The van der Waals surface area contributed by atoms with Crippen LogP contribution in [0.25, 0.3) is 0 Å². The van der Waals surface area contributed by atoms with Gasteiger partial charge in [-0.15, -0.1) is 0 Å². The number of methoxy groups -OCH3 is 1. The first-order chi connectivity index (χ1) is 8.89. The van der Waals surface area contributed by atoms with Crippen LogP contribution in [0, 0.1) is 0 Å². The molecule has 1 rings (SSSR count). The third kappa shape index (κ3) is 4.72. The first kappa shape index (κ1) is 15.8. The van der Waals surface area contributed by atoms with Gasteiger partial charge in [0.2, 0.25) is 0 Å². The Balaban J connectivity index is 2.81. The Morgan fingerprint density at radius 3 is 2.58 bits per heavy atom. The molecule has 5 nitrogen and oxygen atoms in total. The Labute approximate surface area is 114 Å². The van der Waals surface area contributed by atoms with Crippen molar-refractivity contribution in [2.45, 2.75) is 20.0 Å². The molecule has 6 heteroatoms. The minimum absolute atomic E-state index is 0.0417. The van der Waals surface area contributed by atoms with Gasteiger partial charge in [-0.05, 0) is 19.1 Å². The van der Waals surface area contributed by atoms with Crippen LogP contribution in [0.2, 0.25) is 0 Å². The first-order valence-electron chi connectivity index (χ1n) is 6.09. The molecule has 0 fully saturated rings. The van der Waals surface area contributed by atoms with E-state index < -0.39 is 15.9 Å². The molecule has 0 spiro atoms. The zero-order valence-corrected chi connectivity index (χ0v) is 12.2. The molecule has 0 aliphatic heterocycles. The smallest absolute Gasteiger partial charge is 0.153 e. The molecule has 1 aromatic rings. The molecule has 108 valence electrons. The van der Waals surface area contributed by atoms with Crippen molar-refractivity contribution in [2.24, 2.45) is 0 Å². The van der Waals surface area contributed by atoms with E-state index in [0.717, 1.165) is 0 Å². The fourth-order valence-electron chi connectivity index (χ4n) is 1.53. The van der Waals surface area contributed by atoms with Crippen molar-refractivity contribution < 1.29 is 23.0 Å². The number of hydrogen-bond acceptors (Lipinski definition) is 5. The van der Waals surface area contributed by atoms with E-state index >= 15 is 0 Å². The number of rotatable bonds is 7. The number of aliphatic hydroxyl groups excluding tert-OH is 1. The normalized spacial score (nSPS) is 13.1. The summed E-state index contributed by atoms with van der Waals surface area (Å²) >= 11 is 0. The molecule has 0 aliphatic carbocycles. The van der Waals surface area contributed by atoms with Crippen molar-refractivity contribution in [3.8, 4) is 11.5 Å². The quantitative estimate of drug-likeness (QED) is 0.824. The van der Waals surface area contributed by atoms with Crippen molar-refractivity contribution in [3.05, 3.63) is 23.8 Å². The lowest BCUT2D eigenvalue weighted by atomic mass is 10.1. The van der Waals surface area contributed by atoms with Gasteiger partial charge in [-0.1, -0.05) is 6.92 Å². The maximum absolute atomic E-state index is 11.4. The molecule has 0 aromatic heterocycles. The summed E-state index contributed by atoms with van der Waals surface area (Å²) in [6.45, 7) is 3.28. The summed E-state index contributed by atoms with van der Waals surface area (Å²) in [5.41, 5.74) is 0.606. The minimum Gasteiger partial charge on any atom is -0.497 e. The van der Waals surface area contributed by atoms with Crippen molar-refractivity contribution in [2.75, 3.05) is 25.2 Å². The first-order valence-corrected chi connectivity index (χ1v) is 7.91. The predicted octanol–water partition coefficient (Wildman–Crippen LogP) is 1.56. The molecule has 0 radical (unpaired) electrons. The molecule has 0 amide bonds. The second kappa shape index (κ2) is 6.77. The Kier molecular flexibility index (Phi) is 5.62. The number of hydrogen-bond donors (Lipinski definition) is 1. The van der Waals surface area contributed by atoms with Crippen LogP contribution in [0.3, 0.4) is 0 Å². The Hall–Kier alpha value is -1.27. The average Bonchev–Trinajstić information content (AvgIpc) is 2.38. The summed E-state index contributed by atoms with van der Waals surface area (Å²) in [5.74, 6) is 1.09. The van der Waals surface area contributed by atoms with E-state index in [-0.39, 0.29) is 18.1 Å². The molecule has 1 atom stereocenters. The summed E-state index contributed by atoms with van der Waals surface area (Å²) in [7, 11) is -1.53. The second-order valence-electron chi connectivity index (χ2n) is 4.16. The van der Waals surface area contributed by atoms with Crippen LogP contribution in [0.1, 0.15) is 25.5 Å². The van der Waals surface area contributed by atoms with Crippen LogP contribution in [0.5, 0.6) is 11.5 Å². The minimum atomic E-state index is -3.06. The van der Waals surface area contributed by atoms with Crippen LogP contribution in [-0.2, 0) is 9.84 Å². The van der Waals surface area contributed by atoms with E-state index in [1.807, 2.05) is 0 Å². The van der Waals surface area contributed by atoms with Gasteiger partial charge in [0.25, 0.3) is 0 Å². The molecule has 0 aliphatic rings. The molecule has 19 heavy (non-hydrogen) atoms. The van der Waals surface area contributed by atoms with Crippen molar-refractivity contribution in [3.63, 3.8) is 0 Å². The van der Waals surface area contributed by atoms with E-state index in [4.69, 9.17) is 9.47 Å². The van der Waals surface area contributed by atoms with E-state index in [1.165, 1.54) is 7.11 Å². The van der Waals surface area contributed by atoms with E-state index in [0.29, 0.717) is 17.1 Å². The van der Waals surface area contributed by atoms with Crippen LogP contribution >= 0.6 is 0 Å². The van der Waals surface area contributed by atoms with Gasteiger partial charge < -0.3 is 14.6 Å². The summed E-state index contributed by atoms with van der Waals surface area (Å²) in [6.07, 6.45) is -0.691. The second-order valence-corrected chi connectivity index (χ2v) is 6.64. The Bertz CT molecular complexity index is 508. The topological polar surface area (TPSA) is 72.8 Å². The van der Waals surface area contributed by atoms with Crippen LogP contribution in [0.15, 0.2) is 18.2 Å². The van der Waals surface area contributed by atoms with Crippen LogP contribution in [-0.4, -0.2) is 38.7 Å². The summed E-state index contributed by atoms with van der Waals surface area (Å²) < 4.78 is 33.3. The highest BCUT2D eigenvalue weighted by molar-refractivity contribution is 7.91. The lowest BCUT2D eigenvalue weighted by molar-refractivity contribution is 0.192. The Morgan fingerprint density at radius 1 is 1.37 bits per heavy atom. The molecule has 0 heterocycles. The fraction of sp³-hybridized carbons (Fsp3) is 0.538. The highest BCUT2D eigenvalue weighted by Gasteiger charge is 2.12. The lowest BCUT2D eigenvalue weighted by Crippen LogP contribution is -2.16. The highest BCUT2D eigenvalue weighted by atomic mass is 32.2. The van der Waals surface area contributed by atoms with Gasteiger partial charge in [0.05, 0.1) is 19.0 Å². The third-order valence-corrected chi connectivity index (χ3v) is 4.43. The average molecular weight is 288 g/mol. The lowest BCUT2D eigenvalue weighted by Gasteiger charge is -2.14. The molecule has 0 saturated carbocycles. The predicted molar refractivity (Wildman–Crippen MR) is 73.5 cm³/mol. The molecule has 1 unspecified atom stereocenters. The molecule has 0 bridgehead atoms. The molecule has 1 aromatic carbocycles. The molecular weight excluding hydrogens is 268 g/mol. The third-order valence-electron chi connectivity index (χ3n) is 2.76. The summed E-state index contributed by atoms with van der Waals surface area (Å²) in [6, 6.07) is 5.06. The van der Waals surface area contributed by atoms with Gasteiger partial charge in [-0.2, -0.15) is 0 Å². The van der Waals surface area contributed by atoms with Crippen LogP contribution in [0.4, 0.5) is 0 Å². The van der Waals surface area contributed by atoms with Crippen molar-refractivity contribution in [1.29, 1.82) is 0 Å². The van der Waals surface area contributed by atoms with Crippen molar-refractivity contribution >= 4 is 9.84 Å². The molecular formula is C13H20O5S. The number of ether oxygens (including phenoxy) is 2. The van der Waals surface area contributed by atoms with Crippen molar-refractivity contribution in [1.82, 2.24) is 0 Å². The van der Waals surface area contributed by atoms with E-state index in [9.17, 15) is 13.5 Å². The van der Waals surface area contributed by atoms with Crippen LogP contribution < -0.4 is 9.47 Å². The van der Waals surface area contributed by atoms with E-state index in [1.54, 1.807) is 32.0 Å². The number of benzene rings is 1. The van der Waals surface area contributed by atoms with Gasteiger partial charge in [-0.3, -0.25) is 0 Å². The molecule has 0 saturated heterocycles. The summed E-state index contributed by atoms with van der Waals surface area (Å²) in [5, 5.41) is 9.63. The monoisotopic (exact) mass is 288 g/mol. The number of aliphatic hydroxyl groups is 1. The van der Waals surface area contributed by atoms with Gasteiger partial charge >= 0.3 is 0 Å². The SMILES string of the molecule is CCS(=O)(=O)CCOc1cc(OC)ccc1C(C)O. The highest BCUT2D eigenvalue weighted by Crippen LogP contribution is 2.29.